The maximum atomic E-state index is 13.6. The molecule has 7 unspecified atom stereocenters. The minimum atomic E-state index is -4.80. The van der Waals surface area contributed by atoms with Gasteiger partial charge < -0.3 is 35.2 Å². The molecule has 2 aliphatic carbocycles. The van der Waals surface area contributed by atoms with Gasteiger partial charge in [-0.15, -0.1) is 0 Å². The highest BCUT2D eigenvalue weighted by Crippen LogP contribution is 2.49. The number of carbonyl (C=O) groups excluding carboxylic acids is 1. The van der Waals surface area contributed by atoms with Crippen LogP contribution in [0.4, 0.5) is 4.79 Å². The Morgan fingerprint density at radius 1 is 0.941 bits per heavy atom. The van der Waals surface area contributed by atoms with E-state index in [4.69, 9.17) is 14.5 Å². The monoisotopic (exact) mass is 506 g/mol. The van der Waals surface area contributed by atoms with Crippen molar-refractivity contribution in [3.63, 3.8) is 0 Å². The average molecular weight is 507 g/mol. The Morgan fingerprint density at radius 2 is 1.56 bits per heavy atom. The molecule has 0 aromatic carbocycles. The first kappa shape index (κ1) is 26.3. The van der Waals surface area contributed by atoms with Crippen LogP contribution in [-0.2, 0) is 13.8 Å². The number of nitrogens with zero attached hydrogens (tertiary/aromatic N) is 1. The summed E-state index contributed by atoms with van der Waals surface area (Å²) in [5, 5.41) is 35.7. The molecule has 34 heavy (non-hydrogen) atoms. The minimum Gasteiger partial charge on any atom is -0.391 e. The Hall–Kier alpha value is -0.780. The van der Waals surface area contributed by atoms with E-state index in [2.05, 4.69) is 9.84 Å². The van der Waals surface area contributed by atoms with Gasteiger partial charge in [-0.1, -0.05) is 51.4 Å². The maximum absolute atomic E-state index is 13.6. The first-order chi connectivity index (χ1) is 16.1. The molecule has 0 aromatic heterocycles. The van der Waals surface area contributed by atoms with Crippen LogP contribution in [-0.4, -0.2) is 84.4 Å². The highest BCUT2D eigenvalue weighted by molar-refractivity contribution is 7.46. The number of hydrogen-bond donors (Lipinski definition) is 6. The molecule has 0 spiro atoms. The van der Waals surface area contributed by atoms with E-state index in [1.54, 1.807) is 0 Å². The van der Waals surface area contributed by atoms with E-state index >= 15 is 0 Å². The number of urea groups is 1. The summed E-state index contributed by atoms with van der Waals surface area (Å²) >= 11 is 0. The van der Waals surface area contributed by atoms with Crippen LogP contribution in [0.1, 0.15) is 83.5 Å². The lowest BCUT2D eigenvalue weighted by Crippen LogP contribution is -2.60. The minimum absolute atomic E-state index is 0.345. The molecule has 5 rings (SSSR count). The van der Waals surface area contributed by atoms with Gasteiger partial charge in [0.15, 0.2) is 6.23 Å². The second-order valence-electron chi connectivity index (χ2n) is 10.6. The standard InChI is InChI=1S/C22H39N2O9P/c25-16-13-21-9-7-5-3-1-2-4-6-8-10-22(16,12-11-21)23-20(28)24(21)19-18(27)17(26)15(33-19)14-32-34(29,30)31/h15-19,25-27H,1-14H2,(H,23,28)(H2,29,30,31). The van der Waals surface area contributed by atoms with E-state index in [1.807, 2.05) is 0 Å². The van der Waals surface area contributed by atoms with Crippen molar-refractivity contribution in [2.75, 3.05) is 6.61 Å². The zero-order valence-electron chi connectivity index (χ0n) is 19.5. The first-order valence-corrected chi connectivity index (χ1v) is 14.1. The predicted octanol–water partition coefficient (Wildman–Crippen LogP) is 1.50. The number of aliphatic hydroxyl groups excluding tert-OH is 3. The number of nitrogens with one attached hydrogen (secondary N) is 1. The zero-order valence-corrected chi connectivity index (χ0v) is 20.4. The molecular weight excluding hydrogens is 467 g/mol. The fraction of sp³-hybridized carbons (Fsp3) is 0.955. The van der Waals surface area contributed by atoms with Gasteiger partial charge in [0.05, 0.1) is 18.2 Å². The summed E-state index contributed by atoms with van der Waals surface area (Å²) in [5.74, 6) is 0. The summed E-state index contributed by atoms with van der Waals surface area (Å²) in [4.78, 5) is 33.1. The smallest absolute Gasteiger partial charge is 0.391 e. The van der Waals surface area contributed by atoms with Gasteiger partial charge in [-0.3, -0.25) is 9.42 Å². The average Bonchev–Trinajstić information content (AvgIpc) is 2.92. The van der Waals surface area contributed by atoms with E-state index in [9.17, 15) is 24.7 Å². The Bertz CT molecular complexity index is 781. The molecular formula is C22H39N2O9P. The van der Waals surface area contributed by atoms with Crippen molar-refractivity contribution in [1.29, 1.82) is 0 Å². The Kier molecular flexibility index (Phi) is 7.96. The third kappa shape index (κ3) is 5.32. The van der Waals surface area contributed by atoms with E-state index in [0.717, 1.165) is 38.5 Å². The summed E-state index contributed by atoms with van der Waals surface area (Å²) in [5.41, 5.74) is -1.48. The van der Waals surface area contributed by atoms with Gasteiger partial charge in [0.25, 0.3) is 0 Å². The van der Waals surface area contributed by atoms with Crippen molar-refractivity contribution in [2.45, 2.75) is 125 Å². The van der Waals surface area contributed by atoms with E-state index in [0.29, 0.717) is 32.1 Å². The van der Waals surface area contributed by atoms with Crippen LogP contribution in [0.3, 0.4) is 0 Å². The number of fused-ring (bicyclic) bond motifs is 3. The Morgan fingerprint density at radius 3 is 2.18 bits per heavy atom. The molecule has 196 valence electrons. The van der Waals surface area contributed by atoms with Crippen LogP contribution in [0.15, 0.2) is 0 Å². The second kappa shape index (κ2) is 10.3. The van der Waals surface area contributed by atoms with Gasteiger partial charge in [-0.25, -0.2) is 9.36 Å². The van der Waals surface area contributed by atoms with Crippen molar-refractivity contribution in [1.82, 2.24) is 10.2 Å². The second-order valence-corrected chi connectivity index (χ2v) is 11.8. The normalized spacial score (nSPS) is 42.3. The molecule has 0 aromatic rings. The number of phosphoric ester groups is 1. The topological polar surface area (TPSA) is 169 Å². The number of amides is 2. The molecule has 5 aliphatic rings. The lowest BCUT2D eigenvalue weighted by molar-refractivity contribution is -0.127. The van der Waals surface area contributed by atoms with Crippen molar-refractivity contribution in [2.24, 2.45) is 0 Å². The third-order valence-corrected chi connectivity index (χ3v) is 8.83. The van der Waals surface area contributed by atoms with Gasteiger partial charge in [0.1, 0.15) is 18.3 Å². The Balaban J connectivity index is 1.62. The van der Waals surface area contributed by atoms with Crippen LogP contribution >= 0.6 is 7.82 Å². The number of hydrogen-bond acceptors (Lipinski definition) is 7. The highest BCUT2D eigenvalue weighted by Gasteiger charge is 2.61. The highest BCUT2D eigenvalue weighted by atomic mass is 31.2. The maximum Gasteiger partial charge on any atom is 0.469 e. The van der Waals surface area contributed by atoms with E-state index in [1.165, 1.54) is 17.7 Å². The summed E-state index contributed by atoms with van der Waals surface area (Å²) in [6.45, 7) is -0.631. The predicted molar refractivity (Wildman–Crippen MR) is 121 cm³/mol. The fourth-order valence-electron chi connectivity index (χ4n) is 6.43. The number of ether oxygens (including phenoxy) is 1. The molecule has 11 nitrogen and oxygen atoms in total. The molecule has 12 heteroatoms. The molecule has 5 fully saturated rings. The molecule has 2 amide bonds. The van der Waals surface area contributed by atoms with Crippen molar-refractivity contribution in [3.8, 4) is 0 Å². The van der Waals surface area contributed by atoms with Gasteiger partial charge in [0, 0.05) is 5.54 Å². The molecule has 0 radical (unpaired) electrons. The lowest BCUT2D eigenvalue weighted by atomic mass is 9.67. The summed E-state index contributed by atoms with van der Waals surface area (Å²) in [6, 6.07) is -0.447. The van der Waals surface area contributed by atoms with Crippen molar-refractivity contribution >= 4 is 13.9 Å². The van der Waals surface area contributed by atoms with Gasteiger partial charge in [-0.2, -0.15) is 0 Å². The molecule has 2 saturated carbocycles. The number of aliphatic hydroxyl groups is 3. The summed E-state index contributed by atoms with van der Waals surface area (Å²) < 4.78 is 21.4. The molecule has 6 N–H and O–H groups in total. The molecule has 2 bridgehead atoms. The fourth-order valence-corrected chi connectivity index (χ4v) is 6.77. The number of phosphoric acid groups is 1. The lowest BCUT2D eigenvalue weighted by Gasteiger charge is -2.50. The van der Waals surface area contributed by atoms with Crippen LogP contribution in [0.2, 0.25) is 0 Å². The van der Waals surface area contributed by atoms with Crippen molar-refractivity contribution in [3.05, 3.63) is 0 Å². The van der Waals surface area contributed by atoms with Crippen LogP contribution in [0.25, 0.3) is 0 Å². The molecule has 3 saturated heterocycles. The third-order valence-electron chi connectivity index (χ3n) is 8.35. The summed E-state index contributed by atoms with van der Waals surface area (Å²) in [7, 11) is -4.80. The van der Waals surface area contributed by atoms with Gasteiger partial charge in [0.2, 0.25) is 0 Å². The largest absolute Gasteiger partial charge is 0.469 e. The summed E-state index contributed by atoms with van der Waals surface area (Å²) in [6.07, 6.45) is 5.22. The quantitative estimate of drug-likeness (QED) is 0.309. The van der Waals surface area contributed by atoms with Crippen LogP contribution in [0, 0.1) is 0 Å². The molecule has 7 atom stereocenters. The number of carbonyl (C=O) groups is 1. The first-order valence-electron chi connectivity index (χ1n) is 12.6. The van der Waals surface area contributed by atoms with Crippen LogP contribution in [0.5, 0.6) is 0 Å². The SMILES string of the molecule is O=C1NC23CCCCCCCCCCC(CC2)(CC3O)N1C1OC(COP(=O)(O)O)C(O)C1O. The van der Waals surface area contributed by atoms with Crippen LogP contribution < -0.4 is 5.32 Å². The van der Waals surface area contributed by atoms with E-state index in [-0.39, 0.29) is 0 Å². The zero-order chi connectivity index (χ0) is 24.6. The molecule has 3 heterocycles. The molecule has 3 aliphatic heterocycles. The van der Waals surface area contributed by atoms with E-state index < -0.39 is 62.2 Å². The van der Waals surface area contributed by atoms with Gasteiger partial charge >= 0.3 is 13.9 Å². The van der Waals surface area contributed by atoms with Gasteiger partial charge in [-0.05, 0) is 32.1 Å². The van der Waals surface area contributed by atoms with Crippen molar-refractivity contribution < 1.29 is 43.7 Å². The Labute approximate surface area is 200 Å². The number of rotatable bonds is 4.